The lowest BCUT2D eigenvalue weighted by molar-refractivity contribution is 0.0637. The summed E-state index contributed by atoms with van der Waals surface area (Å²) in [5.41, 5.74) is 2.02. The molecule has 100 valence electrons. The third-order valence-electron chi connectivity index (χ3n) is 3.32. The zero-order valence-corrected chi connectivity index (χ0v) is 11.9. The van der Waals surface area contributed by atoms with Crippen LogP contribution < -0.4 is 10.1 Å². The van der Waals surface area contributed by atoms with Gasteiger partial charge in [0.2, 0.25) is 0 Å². The number of methoxy groups -OCH3 is 1. The summed E-state index contributed by atoms with van der Waals surface area (Å²) in [5.74, 6) is 0.775. The number of halogens is 1. The zero-order valence-electron chi connectivity index (χ0n) is 11.1. The Bertz CT molecular complexity index is 423. The van der Waals surface area contributed by atoms with Crippen LogP contribution in [-0.4, -0.2) is 25.9 Å². The first-order valence-corrected chi connectivity index (χ1v) is 6.71. The minimum absolute atomic E-state index is 0.292. The first-order chi connectivity index (χ1) is 8.60. The second kappa shape index (κ2) is 5.81. The van der Waals surface area contributed by atoms with Crippen molar-refractivity contribution in [1.29, 1.82) is 0 Å². The first kappa shape index (κ1) is 13.5. The molecule has 1 aliphatic heterocycles. The van der Waals surface area contributed by atoms with Crippen LogP contribution in [0.25, 0.3) is 0 Å². The Morgan fingerprint density at radius 3 is 2.83 bits per heavy atom. The van der Waals surface area contributed by atoms with Crippen molar-refractivity contribution < 1.29 is 9.47 Å². The Kier molecular flexibility index (Phi) is 4.36. The van der Waals surface area contributed by atoms with E-state index in [0.717, 1.165) is 41.4 Å². The van der Waals surface area contributed by atoms with E-state index in [-0.39, 0.29) is 0 Å². The molecule has 1 fully saturated rings. The van der Waals surface area contributed by atoms with E-state index in [1.165, 1.54) is 0 Å². The lowest BCUT2D eigenvalue weighted by Crippen LogP contribution is -2.20. The van der Waals surface area contributed by atoms with Crippen LogP contribution >= 0.6 is 11.6 Å². The Labute approximate surface area is 113 Å². The second-order valence-electron chi connectivity index (χ2n) is 4.83. The SMILES string of the molecule is COc1cc(Cl)c(C)cc1NCC1CCC(C)O1. The van der Waals surface area contributed by atoms with E-state index in [2.05, 4.69) is 12.2 Å². The van der Waals surface area contributed by atoms with Crippen LogP contribution in [-0.2, 0) is 4.74 Å². The van der Waals surface area contributed by atoms with Gasteiger partial charge in [0.1, 0.15) is 5.75 Å². The molecule has 0 spiro atoms. The smallest absolute Gasteiger partial charge is 0.143 e. The fourth-order valence-corrected chi connectivity index (χ4v) is 2.38. The molecule has 1 N–H and O–H groups in total. The number of benzene rings is 1. The molecule has 4 heteroatoms. The fraction of sp³-hybridized carbons (Fsp3) is 0.571. The maximum Gasteiger partial charge on any atom is 0.143 e. The molecule has 18 heavy (non-hydrogen) atoms. The number of aryl methyl sites for hydroxylation is 1. The molecule has 0 saturated carbocycles. The van der Waals surface area contributed by atoms with E-state index < -0.39 is 0 Å². The van der Waals surface area contributed by atoms with Crippen molar-refractivity contribution in [1.82, 2.24) is 0 Å². The molecule has 0 radical (unpaired) electrons. The van der Waals surface area contributed by atoms with E-state index >= 15 is 0 Å². The number of nitrogens with one attached hydrogen (secondary N) is 1. The molecular weight excluding hydrogens is 250 g/mol. The molecule has 3 nitrogen and oxygen atoms in total. The fourth-order valence-electron chi connectivity index (χ4n) is 2.23. The van der Waals surface area contributed by atoms with E-state index in [1.807, 2.05) is 19.1 Å². The van der Waals surface area contributed by atoms with Crippen molar-refractivity contribution in [3.05, 3.63) is 22.7 Å². The van der Waals surface area contributed by atoms with Crippen LogP contribution in [0.2, 0.25) is 5.02 Å². The molecule has 2 unspecified atom stereocenters. The maximum atomic E-state index is 6.08. The van der Waals surface area contributed by atoms with Gasteiger partial charge in [-0.25, -0.2) is 0 Å². The molecular formula is C14H20ClNO2. The topological polar surface area (TPSA) is 30.5 Å². The minimum Gasteiger partial charge on any atom is -0.495 e. The molecule has 0 aromatic heterocycles. The molecule has 1 aliphatic rings. The molecule has 0 aliphatic carbocycles. The van der Waals surface area contributed by atoms with Crippen LogP contribution in [0.15, 0.2) is 12.1 Å². The summed E-state index contributed by atoms with van der Waals surface area (Å²) in [4.78, 5) is 0. The van der Waals surface area contributed by atoms with Gasteiger partial charge in [0.25, 0.3) is 0 Å². The maximum absolute atomic E-state index is 6.08. The Hall–Kier alpha value is -0.930. The third kappa shape index (κ3) is 3.09. The number of hydrogen-bond donors (Lipinski definition) is 1. The lowest BCUT2D eigenvalue weighted by Gasteiger charge is -2.16. The highest BCUT2D eigenvalue weighted by Gasteiger charge is 2.21. The van der Waals surface area contributed by atoms with Crippen LogP contribution in [0.4, 0.5) is 5.69 Å². The van der Waals surface area contributed by atoms with Crippen LogP contribution in [0.3, 0.4) is 0 Å². The predicted octanol–water partition coefficient (Wildman–Crippen LogP) is 3.64. The molecule has 1 heterocycles. The van der Waals surface area contributed by atoms with Gasteiger partial charge in [0.05, 0.1) is 25.0 Å². The number of anilines is 1. The summed E-state index contributed by atoms with van der Waals surface area (Å²) in [6.07, 6.45) is 2.93. The summed E-state index contributed by atoms with van der Waals surface area (Å²) < 4.78 is 11.1. The van der Waals surface area contributed by atoms with Crippen LogP contribution in [0.1, 0.15) is 25.3 Å². The van der Waals surface area contributed by atoms with E-state index in [9.17, 15) is 0 Å². The first-order valence-electron chi connectivity index (χ1n) is 6.33. The third-order valence-corrected chi connectivity index (χ3v) is 3.73. The molecule has 0 amide bonds. The van der Waals surface area contributed by atoms with Crippen molar-refractivity contribution in [2.45, 2.75) is 38.9 Å². The van der Waals surface area contributed by atoms with Gasteiger partial charge in [-0.3, -0.25) is 0 Å². The van der Waals surface area contributed by atoms with Crippen molar-refractivity contribution in [3.63, 3.8) is 0 Å². The summed E-state index contributed by atoms with van der Waals surface area (Å²) in [6.45, 7) is 4.91. The number of hydrogen-bond acceptors (Lipinski definition) is 3. The van der Waals surface area contributed by atoms with Gasteiger partial charge < -0.3 is 14.8 Å². The number of rotatable bonds is 4. The summed E-state index contributed by atoms with van der Waals surface area (Å²) in [6, 6.07) is 3.86. The molecule has 0 bridgehead atoms. The van der Waals surface area contributed by atoms with Gasteiger partial charge in [-0.1, -0.05) is 11.6 Å². The molecule has 1 aromatic rings. The summed E-state index contributed by atoms with van der Waals surface area (Å²) in [7, 11) is 1.65. The highest BCUT2D eigenvalue weighted by Crippen LogP contribution is 2.31. The molecule has 1 aromatic carbocycles. The number of ether oxygens (including phenoxy) is 2. The van der Waals surface area contributed by atoms with Crippen molar-refractivity contribution >= 4 is 17.3 Å². The standard InChI is InChI=1S/C14H20ClNO2/c1-9-6-13(14(17-3)7-12(9)15)16-8-11-5-4-10(2)18-11/h6-7,10-11,16H,4-5,8H2,1-3H3. The van der Waals surface area contributed by atoms with Crippen molar-refractivity contribution in [2.24, 2.45) is 0 Å². The van der Waals surface area contributed by atoms with E-state index in [0.29, 0.717) is 12.2 Å². The average Bonchev–Trinajstić information content (AvgIpc) is 2.76. The van der Waals surface area contributed by atoms with E-state index in [4.69, 9.17) is 21.1 Å². The largest absolute Gasteiger partial charge is 0.495 e. The highest BCUT2D eigenvalue weighted by molar-refractivity contribution is 6.31. The minimum atomic E-state index is 0.292. The Balaban J connectivity index is 2.02. The zero-order chi connectivity index (χ0) is 13.1. The lowest BCUT2D eigenvalue weighted by atomic mass is 10.2. The van der Waals surface area contributed by atoms with Gasteiger partial charge >= 0.3 is 0 Å². The average molecular weight is 270 g/mol. The normalized spacial score (nSPS) is 23.1. The van der Waals surface area contributed by atoms with Gasteiger partial charge in [-0.15, -0.1) is 0 Å². The van der Waals surface area contributed by atoms with Crippen LogP contribution in [0.5, 0.6) is 5.75 Å². The van der Waals surface area contributed by atoms with Crippen molar-refractivity contribution in [3.8, 4) is 5.75 Å². The quantitative estimate of drug-likeness (QED) is 0.905. The van der Waals surface area contributed by atoms with Gasteiger partial charge in [0, 0.05) is 17.6 Å². The molecule has 1 saturated heterocycles. The van der Waals surface area contributed by atoms with Gasteiger partial charge in [-0.05, 0) is 38.3 Å². The predicted molar refractivity (Wildman–Crippen MR) is 74.8 cm³/mol. The van der Waals surface area contributed by atoms with Crippen molar-refractivity contribution in [2.75, 3.05) is 19.0 Å². The van der Waals surface area contributed by atoms with E-state index in [1.54, 1.807) is 7.11 Å². The van der Waals surface area contributed by atoms with Gasteiger partial charge in [0.15, 0.2) is 0 Å². The highest BCUT2D eigenvalue weighted by atomic mass is 35.5. The molecule has 2 atom stereocenters. The summed E-state index contributed by atoms with van der Waals surface area (Å²) in [5, 5.41) is 4.11. The van der Waals surface area contributed by atoms with Gasteiger partial charge in [-0.2, -0.15) is 0 Å². The summed E-state index contributed by atoms with van der Waals surface area (Å²) >= 11 is 6.08. The Morgan fingerprint density at radius 2 is 2.22 bits per heavy atom. The second-order valence-corrected chi connectivity index (χ2v) is 5.24. The Morgan fingerprint density at radius 1 is 1.44 bits per heavy atom. The molecule has 2 rings (SSSR count). The van der Waals surface area contributed by atoms with Crippen LogP contribution in [0, 0.1) is 6.92 Å². The monoisotopic (exact) mass is 269 g/mol.